The van der Waals surface area contributed by atoms with E-state index in [2.05, 4.69) is 19.9 Å². The number of nitrogens with one attached hydrogen (secondary N) is 2. The van der Waals surface area contributed by atoms with Gasteiger partial charge in [0.1, 0.15) is 5.82 Å². The summed E-state index contributed by atoms with van der Waals surface area (Å²) in [6.07, 6.45) is 4.89. The van der Waals surface area contributed by atoms with Gasteiger partial charge in [0.05, 0.1) is 4.90 Å². The SMILES string of the molecule is CNS(=O)(=O)c1ccc(/C=C/C(=O)NC2CCN(c3cccc(C)n3)CC2)cc1. The Morgan fingerprint density at radius 2 is 1.83 bits per heavy atom. The van der Waals surface area contributed by atoms with Gasteiger partial charge in [-0.15, -0.1) is 0 Å². The van der Waals surface area contributed by atoms with Crippen molar-refractivity contribution in [2.24, 2.45) is 0 Å². The number of piperidine rings is 1. The standard InChI is InChI=1S/C21H26N4O3S/c1-16-4-3-5-20(23-16)25-14-12-18(13-15-25)24-21(26)11-8-17-6-9-19(10-7-17)29(27,28)22-2/h3-11,18,22H,12-15H2,1-2H3,(H,24,26)/b11-8+. The highest BCUT2D eigenvalue weighted by Crippen LogP contribution is 2.18. The number of amides is 1. The van der Waals surface area contributed by atoms with Crippen molar-refractivity contribution in [1.29, 1.82) is 0 Å². The van der Waals surface area contributed by atoms with Crippen molar-refractivity contribution in [1.82, 2.24) is 15.0 Å². The maximum atomic E-state index is 12.2. The molecule has 0 saturated carbocycles. The molecule has 1 aliphatic heterocycles. The number of pyridine rings is 1. The first kappa shape index (κ1) is 21.0. The summed E-state index contributed by atoms with van der Waals surface area (Å²) >= 11 is 0. The zero-order valence-electron chi connectivity index (χ0n) is 16.6. The van der Waals surface area contributed by atoms with Gasteiger partial charge in [-0.1, -0.05) is 18.2 Å². The van der Waals surface area contributed by atoms with E-state index in [1.54, 1.807) is 18.2 Å². The van der Waals surface area contributed by atoms with Crippen LogP contribution >= 0.6 is 0 Å². The first-order chi connectivity index (χ1) is 13.9. The van der Waals surface area contributed by atoms with Crippen LogP contribution in [0.2, 0.25) is 0 Å². The maximum absolute atomic E-state index is 12.2. The van der Waals surface area contributed by atoms with Gasteiger partial charge in [0.15, 0.2) is 0 Å². The molecule has 1 aromatic heterocycles. The number of rotatable bonds is 6. The van der Waals surface area contributed by atoms with Crippen molar-refractivity contribution in [3.05, 3.63) is 59.8 Å². The summed E-state index contributed by atoms with van der Waals surface area (Å²) in [4.78, 5) is 19.2. The molecular weight excluding hydrogens is 388 g/mol. The average Bonchev–Trinajstić information content (AvgIpc) is 2.73. The minimum atomic E-state index is -3.45. The van der Waals surface area contributed by atoms with Crippen LogP contribution in [0.5, 0.6) is 0 Å². The number of sulfonamides is 1. The molecule has 0 unspecified atom stereocenters. The fourth-order valence-corrected chi connectivity index (χ4v) is 3.98. The lowest BCUT2D eigenvalue weighted by molar-refractivity contribution is -0.117. The Hall–Kier alpha value is -2.71. The van der Waals surface area contributed by atoms with E-state index in [1.807, 2.05) is 25.1 Å². The fourth-order valence-electron chi connectivity index (χ4n) is 3.25. The van der Waals surface area contributed by atoms with Gasteiger partial charge >= 0.3 is 0 Å². The summed E-state index contributed by atoms with van der Waals surface area (Å²) in [6.45, 7) is 3.69. The smallest absolute Gasteiger partial charge is 0.244 e. The van der Waals surface area contributed by atoms with E-state index < -0.39 is 10.0 Å². The monoisotopic (exact) mass is 414 g/mol. The van der Waals surface area contributed by atoms with Gasteiger partial charge in [-0.3, -0.25) is 4.79 Å². The number of benzene rings is 1. The number of aryl methyl sites for hydroxylation is 1. The fraction of sp³-hybridized carbons (Fsp3) is 0.333. The highest BCUT2D eigenvalue weighted by atomic mass is 32.2. The number of carbonyl (C=O) groups excluding carboxylic acids is 1. The summed E-state index contributed by atoms with van der Waals surface area (Å²) < 4.78 is 25.7. The van der Waals surface area contributed by atoms with Crippen LogP contribution in [0.15, 0.2) is 53.4 Å². The number of anilines is 1. The minimum absolute atomic E-state index is 0.136. The number of hydrogen-bond donors (Lipinski definition) is 2. The highest BCUT2D eigenvalue weighted by molar-refractivity contribution is 7.89. The molecule has 1 saturated heterocycles. The normalized spacial score (nSPS) is 15.6. The molecule has 2 aromatic rings. The molecule has 7 nitrogen and oxygen atoms in total. The second-order valence-electron chi connectivity index (χ2n) is 7.02. The van der Waals surface area contributed by atoms with Crippen LogP contribution in [0.4, 0.5) is 5.82 Å². The Morgan fingerprint density at radius 1 is 1.14 bits per heavy atom. The summed E-state index contributed by atoms with van der Waals surface area (Å²) in [5.74, 6) is 0.836. The van der Waals surface area contributed by atoms with Crippen LogP contribution in [0.25, 0.3) is 6.08 Å². The third-order valence-electron chi connectivity index (χ3n) is 4.93. The quantitative estimate of drug-likeness (QED) is 0.707. The summed E-state index contributed by atoms with van der Waals surface area (Å²) in [7, 11) is -2.08. The molecular formula is C21H26N4O3S. The van der Waals surface area contributed by atoms with Gasteiger partial charge < -0.3 is 10.2 Å². The van der Waals surface area contributed by atoms with E-state index >= 15 is 0 Å². The second kappa shape index (κ2) is 9.19. The van der Waals surface area contributed by atoms with E-state index in [0.717, 1.165) is 43.0 Å². The number of carbonyl (C=O) groups is 1. The Morgan fingerprint density at radius 3 is 2.45 bits per heavy atom. The van der Waals surface area contributed by atoms with Gasteiger partial charge in [0.2, 0.25) is 15.9 Å². The first-order valence-electron chi connectivity index (χ1n) is 9.58. The topological polar surface area (TPSA) is 91.4 Å². The maximum Gasteiger partial charge on any atom is 0.244 e. The third kappa shape index (κ3) is 5.65. The van der Waals surface area contributed by atoms with E-state index in [4.69, 9.17) is 0 Å². The number of aromatic nitrogens is 1. The van der Waals surface area contributed by atoms with E-state index in [1.165, 1.54) is 25.3 Å². The molecule has 1 aromatic carbocycles. The van der Waals surface area contributed by atoms with Crippen molar-refractivity contribution >= 4 is 27.8 Å². The molecule has 0 atom stereocenters. The predicted molar refractivity (Wildman–Crippen MR) is 114 cm³/mol. The molecule has 0 radical (unpaired) electrons. The van der Waals surface area contributed by atoms with Crippen molar-refractivity contribution in [3.8, 4) is 0 Å². The molecule has 1 aliphatic rings. The molecule has 0 spiro atoms. The lowest BCUT2D eigenvalue weighted by Gasteiger charge is -2.33. The molecule has 2 N–H and O–H groups in total. The van der Waals surface area contributed by atoms with Gasteiger partial charge in [-0.25, -0.2) is 18.1 Å². The summed E-state index contributed by atoms with van der Waals surface area (Å²) in [6, 6.07) is 12.5. The first-order valence-corrected chi connectivity index (χ1v) is 11.1. The van der Waals surface area contributed by atoms with Crippen LogP contribution in [0, 0.1) is 6.92 Å². The van der Waals surface area contributed by atoms with Crippen LogP contribution in [-0.2, 0) is 14.8 Å². The van der Waals surface area contributed by atoms with Gasteiger partial charge in [0, 0.05) is 30.9 Å². The van der Waals surface area contributed by atoms with Crippen LogP contribution in [0.3, 0.4) is 0 Å². The van der Waals surface area contributed by atoms with Gasteiger partial charge in [0.25, 0.3) is 0 Å². The highest BCUT2D eigenvalue weighted by Gasteiger charge is 2.21. The zero-order chi connectivity index (χ0) is 20.9. The Labute approximate surface area is 171 Å². The Balaban J connectivity index is 1.50. The van der Waals surface area contributed by atoms with Gasteiger partial charge in [-0.05, 0) is 62.7 Å². The molecule has 1 fully saturated rings. The second-order valence-corrected chi connectivity index (χ2v) is 8.90. The molecule has 2 heterocycles. The molecule has 1 amide bonds. The summed E-state index contributed by atoms with van der Waals surface area (Å²) in [5, 5.41) is 3.04. The lowest BCUT2D eigenvalue weighted by atomic mass is 10.0. The van der Waals surface area contributed by atoms with E-state index in [9.17, 15) is 13.2 Å². The third-order valence-corrected chi connectivity index (χ3v) is 6.36. The zero-order valence-corrected chi connectivity index (χ0v) is 17.4. The van der Waals surface area contributed by atoms with Crippen molar-refractivity contribution in [2.45, 2.75) is 30.7 Å². The van der Waals surface area contributed by atoms with Crippen LogP contribution < -0.4 is 14.9 Å². The molecule has 3 rings (SSSR count). The average molecular weight is 415 g/mol. The molecule has 154 valence electrons. The molecule has 8 heteroatoms. The summed E-state index contributed by atoms with van der Waals surface area (Å²) in [5.41, 5.74) is 1.76. The van der Waals surface area contributed by atoms with Gasteiger partial charge in [-0.2, -0.15) is 0 Å². The molecule has 0 aliphatic carbocycles. The lowest BCUT2D eigenvalue weighted by Crippen LogP contribution is -2.44. The van der Waals surface area contributed by atoms with Crippen molar-refractivity contribution < 1.29 is 13.2 Å². The van der Waals surface area contributed by atoms with Crippen molar-refractivity contribution in [2.75, 3.05) is 25.0 Å². The minimum Gasteiger partial charge on any atom is -0.356 e. The number of hydrogen-bond acceptors (Lipinski definition) is 5. The van der Waals surface area contributed by atoms with E-state index in [-0.39, 0.29) is 16.8 Å². The van der Waals surface area contributed by atoms with Crippen molar-refractivity contribution in [3.63, 3.8) is 0 Å². The van der Waals surface area contributed by atoms with E-state index in [0.29, 0.717) is 0 Å². The molecule has 0 bridgehead atoms. The largest absolute Gasteiger partial charge is 0.356 e. The Kier molecular flexibility index (Phi) is 6.66. The van der Waals surface area contributed by atoms with Crippen LogP contribution in [0.1, 0.15) is 24.1 Å². The number of nitrogens with zero attached hydrogens (tertiary/aromatic N) is 2. The Bertz CT molecular complexity index is 979. The molecule has 29 heavy (non-hydrogen) atoms. The predicted octanol–water partition coefficient (Wildman–Crippen LogP) is 2.10. The van der Waals surface area contributed by atoms with Crippen LogP contribution in [-0.4, -0.2) is 45.5 Å².